The molecule has 26 heavy (non-hydrogen) atoms. The van der Waals surface area contributed by atoms with Crippen LogP contribution in [0.25, 0.3) is 10.2 Å². The first kappa shape index (κ1) is 18.9. The van der Waals surface area contributed by atoms with Gasteiger partial charge in [-0.15, -0.1) is 17.9 Å². The van der Waals surface area contributed by atoms with E-state index in [0.29, 0.717) is 18.8 Å². The van der Waals surface area contributed by atoms with Crippen molar-refractivity contribution < 1.29 is 4.79 Å². The number of amides is 1. The lowest BCUT2D eigenvalue weighted by Gasteiger charge is -2.19. The topological polar surface area (TPSA) is 34.0 Å². The molecule has 1 aromatic carbocycles. The molecule has 3 nitrogen and oxygen atoms in total. The Morgan fingerprint density at radius 3 is 2.58 bits per heavy atom. The highest BCUT2D eigenvalue weighted by Gasteiger charge is 2.18. The summed E-state index contributed by atoms with van der Waals surface area (Å²) in [5.41, 5.74) is 4.37. The van der Waals surface area contributed by atoms with E-state index in [2.05, 4.69) is 83.5 Å². The Balaban J connectivity index is 1.97. The average Bonchev–Trinajstić information content (AvgIpc) is 3.09. The Kier molecular flexibility index (Phi) is 5.39. The number of hydrogen-bond acceptors (Lipinski definition) is 2. The van der Waals surface area contributed by atoms with Gasteiger partial charge in [0.2, 0.25) is 0 Å². The Labute approximate surface area is 166 Å². The Morgan fingerprint density at radius 1 is 1.27 bits per heavy atom. The van der Waals surface area contributed by atoms with E-state index in [9.17, 15) is 4.79 Å². The van der Waals surface area contributed by atoms with Gasteiger partial charge < -0.3 is 9.88 Å². The maximum Gasteiger partial charge on any atom is 0.268 e. The van der Waals surface area contributed by atoms with E-state index in [1.54, 1.807) is 17.4 Å². The number of benzene rings is 1. The van der Waals surface area contributed by atoms with Gasteiger partial charge in [-0.2, -0.15) is 0 Å². The van der Waals surface area contributed by atoms with Crippen molar-refractivity contribution in [2.45, 2.75) is 32.7 Å². The van der Waals surface area contributed by atoms with E-state index >= 15 is 0 Å². The third kappa shape index (κ3) is 3.94. The summed E-state index contributed by atoms with van der Waals surface area (Å²) < 4.78 is 4.26. The largest absolute Gasteiger partial charge is 0.347 e. The smallest absolute Gasteiger partial charge is 0.268 e. The van der Waals surface area contributed by atoms with Crippen LogP contribution in [-0.2, 0) is 12.0 Å². The molecule has 2 heterocycles. The van der Waals surface area contributed by atoms with Crippen LogP contribution in [0.15, 0.2) is 52.8 Å². The molecule has 0 aliphatic rings. The SMILES string of the molecule is C=CCNC(=O)c1cc2sc(Br)cc2n1Cc1ccc(C(C)(C)C)cc1. The number of halogens is 1. The molecule has 5 heteroatoms. The summed E-state index contributed by atoms with van der Waals surface area (Å²) >= 11 is 5.19. The van der Waals surface area contributed by atoms with Crippen LogP contribution in [-0.4, -0.2) is 17.0 Å². The lowest BCUT2D eigenvalue weighted by Crippen LogP contribution is -2.26. The van der Waals surface area contributed by atoms with Crippen LogP contribution >= 0.6 is 27.3 Å². The molecule has 0 bridgehead atoms. The van der Waals surface area contributed by atoms with Gasteiger partial charge in [-0.25, -0.2) is 0 Å². The lowest BCUT2D eigenvalue weighted by atomic mass is 9.87. The predicted molar refractivity (Wildman–Crippen MR) is 114 cm³/mol. The van der Waals surface area contributed by atoms with E-state index in [4.69, 9.17) is 0 Å². The van der Waals surface area contributed by atoms with Gasteiger partial charge in [0, 0.05) is 13.1 Å². The van der Waals surface area contributed by atoms with E-state index in [-0.39, 0.29) is 11.3 Å². The van der Waals surface area contributed by atoms with Crippen molar-refractivity contribution in [1.29, 1.82) is 0 Å². The molecule has 136 valence electrons. The highest BCUT2D eigenvalue weighted by molar-refractivity contribution is 9.11. The summed E-state index contributed by atoms with van der Waals surface area (Å²) in [6.45, 7) is 11.4. The van der Waals surface area contributed by atoms with Gasteiger partial charge in [-0.05, 0) is 44.6 Å². The molecule has 0 radical (unpaired) electrons. The molecule has 1 N–H and O–H groups in total. The van der Waals surface area contributed by atoms with Crippen LogP contribution in [0.1, 0.15) is 42.4 Å². The molecule has 0 unspecified atom stereocenters. The molecule has 0 saturated heterocycles. The fraction of sp³-hybridized carbons (Fsp3) is 0.286. The zero-order valence-electron chi connectivity index (χ0n) is 15.3. The number of nitrogens with one attached hydrogen (secondary N) is 1. The lowest BCUT2D eigenvalue weighted by molar-refractivity contribution is 0.0949. The molecule has 0 aliphatic carbocycles. The zero-order valence-corrected chi connectivity index (χ0v) is 17.7. The molecule has 2 aromatic heterocycles. The van der Waals surface area contributed by atoms with Crippen LogP contribution in [0.3, 0.4) is 0 Å². The second-order valence-corrected chi connectivity index (χ2v) is 9.82. The van der Waals surface area contributed by atoms with Crippen molar-refractivity contribution in [2.75, 3.05) is 6.54 Å². The first-order valence-electron chi connectivity index (χ1n) is 8.56. The summed E-state index contributed by atoms with van der Waals surface area (Å²) in [6.07, 6.45) is 1.69. The third-order valence-corrected chi connectivity index (χ3v) is 5.93. The van der Waals surface area contributed by atoms with Crippen molar-refractivity contribution in [3.05, 3.63) is 69.7 Å². The van der Waals surface area contributed by atoms with Crippen LogP contribution in [0.5, 0.6) is 0 Å². The quantitative estimate of drug-likeness (QED) is 0.515. The minimum Gasteiger partial charge on any atom is -0.347 e. The van der Waals surface area contributed by atoms with Gasteiger partial charge in [-0.1, -0.05) is 51.1 Å². The van der Waals surface area contributed by atoms with E-state index < -0.39 is 0 Å². The van der Waals surface area contributed by atoms with Crippen LogP contribution in [0.4, 0.5) is 0 Å². The zero-order chi connectivity index (χ0) is 18.9. The second kappa shape index (κ2) is 7.41. The maximum absolute atomic E-state index is 12.6. The monoisotopic (exact) mass is 430 g/mol. The van der Waals surface area contributed by atoms with Crippen LogP contribution in [0.2, 0.25) is 0 Å². The number of carbonyl (C=O) groups is 1. The van der Waals surface area contributed by atoms with Crippen LogP contribution in [0, 0.1) is 0 Å². The third-order valence-electron chi connectivity index (χ3n) is 4.36. The second-order valence-electron chi connectivity index (χ2n) is 7.36. The van der Waals surface area contributed by atoms with Gasteiger partial charge in [0.1, 0.15) is 5.69 Å². The molecule has 0 fully saturated rings. The summed E-state index contributed by atoms with van der Waals surface area (Å²) in [6, 6.07) is 12.7. The van der Waals surface area contributed by atoms with Crippen molar-refractivity contribution in [3.8, 4) is 0 Å². The molecule has 1 amide bonds. The highest BCUT2D eigenvalue weighted by Crippen LogP contribution is 2.33. The van der Waals surface area contributed by atoms with E-state index in [0.717, 1.165) is 14.0 Å². The Morgan fingerprint density at radius 2 is 1.96 bits per heavy atom. The fourth-order valence-corrected chi connectivity index (χ4v) is 4.48. The summed E-state index contributed by atoms with van der Waals surface area (Å²) in [7, 11) is 0. The molecule has 0 spiro atoms. The summed E-state index contributed by atoms with van der Waals surface area (Å²) in [4.78, 5) is 12.6. The number of hydrogen-bond donors (Lipinski definition) is 1. The van der Waals surface area contributed by atoms with Gasteiger partial charge in [0.25, 0.3) is 5.91 Å². The molecule has 3 aromatic rings. The van der Waals surface area contributed by atoms with E-state index in [1.807, 2.05) is 6.07 Å². The van der Waals surface area contributed by atoms with Gasteiger partial charge >= 0.3 is 0 Å². The molecule has 0 saturated carbocycles. The molecular weight excluding hydrogens is 408 g/mol. The molecule has 0 atom stereocenters. The minimum absolute atomic E-state index is 0.0734. The fourth-order valence-electron chi connectivity index (χ4n) is 2.92. The number of nitrogens with zero attached hydrogens (tertiary/aromatic N) is 1. The number of fused-ring (bicyclic) bond motifs is 1. The highest BCUT2D eigenvalue weighted by atomic mass is 79.9. The number of rotatable bonds is 5. The van der Waals surface area contributed by atoms with Gasteiger partial charge in [-0.3, -0.25) is 4.79 Å². The predicted octanol–water partition coefficient (Wildman–Crippen LogP) is 5.73. The van der Waals surface area contributed by atoms with Crippen molar-refractivity contribution in [3.63, 3.8) is 0 Å². The van der Waals surface area contributed by atoms with Crippen molar-refractivity contribution in [1.82, 2.24) is 9.88 Å². The normalized spacial score (nSPS) is 11.7. The van der Waals surface area contributed by atoms with E-state index in [1.165, 1.54) is 11.1 Å². The number of thiophene rings is 1. The Hall–Kier alpha value is -1.85. The first-order valence-corrected chi connectivity index (χ1v) is 10.2. The average molecular weight is 431 g/mol. The molecule has 3 rings (SSSR count). The first-order chi connectivity index (χ1) is 12.3. The number of carbonyl (C=O) groups excluding carboxylic acids is 1. The summed E-state index contributed by atoms with van der Waals surface area (Å²) in [5.74, 6) is -0.0734. The standard InChI is InChI=1S/C21H23BrN2OS/c1-5-10-23-20(25)17-11-18-16(12-19(22)26-18)24(17)13-14-6-8-15(9-7-14)21(2,3)4/h5-9,11-12H,1,10,13H2,2-4H3,(H,23,25). The number of aromatic nitrogens is 1. The molecule has 0 aliphatic heterocycles. The van der Waals surface area contributed by atoms with Crippen LogP contribution < -0.4 is 5.32 Å². The minimum atomic E-state index is -0.0734. The summed E-state index contributed by atoms with van der Waals surface area (Å²) in [5, 5.41) is 2.88. The van der Waals surface area contributed by atoms with Gasteiger partial charge in [0.15, 0.2) is 0 Å². The molecular formula is C21H23BrN2OS. The Bertz CT molecular complexity index is 945. The van der Waals surface area contributed by atoms with Crippen molar-refractivity contribution in [2.24, 2.45) is 0 Å². The van der Waals surface area contributed by atoms with Gasteiger partial charge in [0.05, 0.1) is 14.0 Å². The van der Waals surface area contributed by atoms with Crippen molar-refractivity contribution >= 4 is 43.4 Å². The maximum atomic E-state index is 12.6.